The molecular weight excluding hydrogens is 370 g/mol. The van der Waals surface area contributed by atoms with Crippen LogP contribution in [0.1, 0.15) is 34.7 Å². The fourth-order valence-electron chi connectivity index (χ4n) is 3.65. The predicted molar refractivity (Wildman–Crippen MR) is 115 cm³/mol. The molecule has 2 amide bonds. The van der Waals surface area contributed by atoms with Crippen LogP contribution in [0.25, 0.3) is 10.2 Å². The average molecular weight is 396 g/mol. The summed E-state index contributed by atoms with van der Waals surface area (Å²) in [4.78, 5) is 23.9. The van der Waals surface area contributed by atoms with Crippen LogP contribution in [0.2, 0.25) is 0 Å². The Morgan fingerprint density at radius 2 is 2.00 bits per heavy atom. The normalized spacial score (nSPS) is 13.2. The molecular formula is C21H25N5OS. The number of benzene rings is 1. The number of carbonyl (C=O) groups is 1. The summed E-state index contributed by atoms with van der Waals surface area (Å²) in [5, 5.41) is 10.3. The molecule has 1 aromatic carbocycles. The summed E-state index contributed by atoms with van der Waals surface area (Å²) in [7, 11) is 0. The maximum Gasteiger partial charge on any atom is 0.319 e. The first kappa shape index (κ1) is 18.7. The highest BCUT2D eigenvalue weighted by atomic mass is 32.1. The van der Waals surface area contributed by atoms with Crippen LogP contribution in [-0.2, 0) is 12.8 Å². The minimum Gasteiger partial charge on any atom is -0.368 e. The van der Waals surface area contributed by atoms with E-state index in [9.17, 15) is 4.79 Å². The highest BCUT2D eigenvalue weighted by Gasteiger charge is 2.20. The van der Waals surface area contributed by atoms with Gasteiger partial charge in [0.05, 0.1) is 5.39 Å². The van der Waals surface area contributed by atoms with E-state index in [2.05, 4.69) is 25.9 Å². The lowest BCUT2D eigenvalue weighted by Crippen LogP contribution is -2.32. The van der Waals surface area contributed by atoms with Crippen molar-refractivity contribution < 1.29 is 4.79 Å². The molecule has 0 bridgehead atoms. The van der Waals surface area contributed by atoms with E-state index in [0.29, 0.717) is 13.1 Å². The van der Waals surface area contributed by atoms with E-state index in [1.54, 1.807) is 11.3 Å². The van der Waals surface area contributed by atoms with E-state index in [1.165, 1.54) is 28.7 Å². The van der Waals surface area contributed by atoms with Crippen LogP contribution >= 0.6 is 11.3 Å². The molecule has 1 aliphatic rings. The Morgan fingerprint density at radius 1 is 1.14 bits per heavy atom. The molecule has 3 N–H and O–H groups in total. The number of amides is 2. The van der Waals surface area contributed by atoms with Crippen LogP contribution in [0, 0.1) is 13.8 Å². The summed E-state index contributed by atoms with van der Waals surface area (Å²) in [6.45, 7) is 5.05. The number of nitrogens with zero attached hydrogens (tertiary/aromatic N) is 2. The zero-order chi connectivity index (χ0) is 19.5. The topological polar surface area (TPSA) is 78.9 Å². The maximum atomic E-state index is 12.1. The molecule has 0 fully saturated rings. The Morgan fingerprint density at radius 3 is 2.86 bits per heavy atom. The predicted octanol–water partition coefficient (Wildman–Crippen LogP) is 4.42. The average Bonchev–Trinajstić information content (AvgIpc) is 3.03. The Kier molecular flexibility index (Phi) is 5.43. The number of hydrogen-bond acceptors (Lipinski definition) is 5. The van der Waals surface area contributed by atoms with Crippen molar-refractivity contribution in [1.29, 1.82) is 0 Å². The van der Waals surface area contributed by atoms with Gasteiger partial charge in [0.2, 0.25) is 0 Å². The number of nitrogens with one attached hydrogen (secondary N) is 3. The summed E-state index contributed by atoms with van der Waals surface area (Å²) in [5.74, 6) is 1.67. The molecule has 146 valence electrons. The highest BCUT2D eigenvalue weighted by Crippen LogP contribution is 2.38. The first-order chi connectivity index (χ1) is 13.6. The van der Waals surface area contributed by atoms with E-state index in [-0.39, 0.29) is 6.03 Å². The van der Waals surface area contributed by atoms with Gasteiger partial charge < -0.3 is 16.0 Å². The van der Waals surface area contributed by atoms with Crippen LogP contribution in [0.3, 0.4) is 0 Å². The number of urea groups is 1. The summed E-state index contributed by atoms with van der Waals surface area (Å²) in [6, 6.07) is 7.55. The third-order valence-corrected chi connectivity index (χ3v) is 6.09. The van der Waals surface area contributed by atoms with Gasteiger partial charge in [-0.1, -0.05) is 12.1 Å². The molecule has 4 rings (SSSR count). The Balaban J connectivity index is 1.38. The van der Waals surface area contributed by atoms with E-state index in [1.807, 2.05) is 38.1 Å². The number of thiophene rings is 1. The fourth-order valence-corrected chi connectivity index (χ4v) is 4.95. The molecule has 2 aromatic heterocycles. The minimum atomic E-state index is -0.204. The zero-order valence-electron chi connectivity index (χ0n) is 16.3. The first-order valence-electron chi connectivity index (χ1n) is 9.74. The highest BCUT2D eigenvalue weighted by molar-refractivity contribution is 7.19. The number of hydrogen-bond donors (Lipinski definition) is 3. The Labute approximate surface area is 168 Å². The van der Waals surface area contributed by atoms with Crippen molar-refractivity contribution in [2.24, 2.45) is 0 Å². The number of anilines is 2. The fraction of sp³-hybridized carbons (Fsp3) is 0.381. The summed E-state index contributed by atoms with van der Waals surface area (Å²) < 4.78 is 0. The first-order valence-corrected chi connectivity index (χ1v) is 10.6. The molecule has 6 nitrogen and oxygen atoms in total. The molecule has 2 heterocycles. The molecule has 0 spiro atoms. The Hall–Kier alpha value is -2.67. The van der Waals surface area contributed by atoms with Crippen LogP contribution in [-0.4, -0.2) is 29.1 Å². The van der Waals surface area contributed by atoms with Gasteiger partial charge in [0.15, 0.2) is 0 Å². The number of carbonyl (C=O) groups excluding carboxylic acids is 1. The van der Waals surface area contributed by atoms with Crippen molar-refractivity contribution in [3.63, 3.8) is 0 Å². The zero-order valence-corrected chi connectivity index (χ0v) is 17.1. The number of fused-ring (bicyclic) bond motifs is 3. The van der Waals surface area contributed by atoms with Gasteiger partial charge in [0.1, 0.15) is 16.5 Å². The van der Waals surface area contributed by atoms with E-state index in [0.717, 1.165) is 40.6 Å². The second-order valence-corrected chi connectivity index (χ2v) is 8.27. The summed E-state index contributed by atoms with van der Waals surface area (Å²) in [6.07, 6.45) is 4.74. The van der Waals surface area contributed by atoms with E-state index >= 15 is 0 Å². The second kappa shape index (κ2) is 8.14. The molecule has 0 saturated carbocycles. The van der Waals surface area contributed by atoms with Gasteiger partial charge in [0, 0.05) is 23.7 Å². The van der Waals surface area contributed by atoms with Crippen LogP contribution in [0.4, 0.5) is 16.3 Å². The molecule has 0 atom stereocenters. The molecule has 0 radical (unpaired) electrons. The summed E-state index contributed by atoms with van der Waals surface area (Å²) >= 11 is 1.80. The van der Waals surface area contributed by atoms with Gasteiger partial charge in [-0.15, -0.1) is 11.3 Å². The van der Waals surface area contributed by atoms with Gasteiger partial charge in [-0.3, -0.25) is 0 Å². The third kappa shape index (κ3) is 4.09. The number of aromatic nitrogens is 2. The van der Waals surface area contributed by atoms with Crippen molar-refractivity contribution in [3.05, 3.63) is 46.1 Å². The molecule has 28 heavy (non-hydrogen) atoms. The van der Waals surface area contributed by atoms with Gasteiger partial charge >= 0.3 is 6.03 Å². The molecule has 0 saturated heterocycles. The van der Waals surface area contributed by atoms with Gasteiger partial charge in [-0.25, -0.2) is 14.8 Å². The van der Waals surface area contributed by atoms with E-state index < -0.39 is 0 Å². The monoisotopic (exact) mass is 395 g/mol. The lowest BCUT2D eigenvalue weighted by atomic mass is 9.97. The van der Waals surface area contributed by atoms with Gasteiger partial charge in [-0.2, -0.15) is 0 Å². The van der Waals surface area contributed by atoms with Crippen molar-refractivity contribution in [2.45, 2.75) is 39.5 Å². The lowest BCUT2D eigenvalue weighted by Gasteiger charge is -2.13. The minimum absolute atomic E-state index is 0.204. The van der Waals surface area contributed by atoms with Gasteiger partial charge in [0.25, 0.3) is 0 Å². The standard InChI is InChI=1S/C21H25N5OS/c1-13-6-5-7-15(12-13)26-21(27)23-11-10-22-19-18-16-8-3-4-9-17(16)28-20(18)25-14(2)24-19/h5-7,12H,3-4,8-11H2,1-2H3,(H,22,24,25)(H2,23,26,27). The number of rotatable bonds is 5. The third-order valence-electron chi connectivity index (χ3n) is 4.91. The largest absolute Gasteiger partial charge is 0.368 e. The summed E-state index contributed by atoms with van der Waals surface area (Å²) in [5.41, 5.74) is 3.32. The smallest absolute Gasteiger partial charge is 0.319 e. The van der Waals surface area contributed by atoms with Crippen LogP contribution < -0.4 is 16.0 Å². The van der Waals surface area contributed by atoms with Crippen molar-refractivity contribution in [3.8, 4) is 0 Å². The maximum absolute atomic E-state index is 12.1. The Bertz CT molecular complexity index is 1010. The molecule has 0 aliphatic heterocycles. The van der Waals surface area contributed by atoms with Crippen LogP contribution in [0.5, 0.6) is 0 Å². The van der Waals surface area contributed by atoms with Crippen molar-refractivity contribution in [1.82, 2.24) is 15.3 Å². The quantitative estimate of drug-likeness (QED) is 0.559. The van der Waals surface area contributed by atoms with Crippen LogP contribution in [0.15, 0.2) is 24.3 Å². The van der Waals surface area contributed by atoms with Gasteiger partial charge in [-0.05, 0) is 62.8 Å². The molecule has 0 unspecified atom stereocenters. The molecule has 1 aliphatic carbocycles. The number of aryl methyl sites for hydroxylation is 4. The lowest BCUT2D eigenvalue weighted by molar-refractivity contribution is 0.252. The van der Waals surface area contributed by atoms with Crippen molar-refractivity contribution >= 4 is 39.1 Å². The SMILES string of the molecule is Cc1cccc(NC(=O)NCCNc2nc(C)nc3sc4c(c23)CCCC4)c1. The molecule has 3 aromatic rings. The van der Waals surface area contributed by atoms with Crippen molar-refractivity contribution in [2.75, 3.05) is 23.7 Å². The molecule has 7 heteroatoms. The second-order valence-electron chi connectivity index (χ2n) is 7.19. The van der Waals surface area contributed by atoms with E-state index in [4.69, 9.17) is 0 Å².